The maximum atomic E-state index is 11.4. The largest absolute Gasteiger partial charge is 0.612 e. The Balaban J connectivity index is 1.87. The van der Waals surface area contributed by atoms with Crippen molar-refractivity contribution < 1.29 is 4.55 Å². The summed E-state index contributed by atoms with van der Waals surface area (Å²) >= 11 is -0.922. The SMILES string of the molecule is C[S+]([O-])c1ccc(-c2ccc(-c3ccccc3)cc2)cc1. The summed E-state index contributed by atoms with van der Waals surface area (Å²) in [6, 6.07) is 26.8. The van der Waals surface area contributed by atoms with E-state index in [0.29, 0.717) is 0 Å². The van der Waals surface area contributed by atoms with Crippen LogP contribution in [0.3, 0.4) is 0 Å². The number of benzene rings is 3. The molecule has 1 nitrogen and oxygen atoms in total. The first-order chi connectivity index (χ1) is 10.2. The van der Waals surface area contributed by atoms with Crippen molar-refractivity contribution >= 4 is 11.2 Å². The molecule has 0 fully saturated rings. The maximum Gasteiger partial charge on any atom is 0.152 e. The lowest BCUT2D eigenvalue weighted by Crippen LogP contribution is -1.96. The molecule has 3 aromatic carbocycles. The Morgan fingerprint density at radius 3 is 1.38 bits per heavy atom. The Kier molecular flexibility index (Phi) is 4.09. The zero-order valence-electron chi connectivity index (χ0n) is 11.8. The quantitative estimate of drug-likeness (QED) is 0.638. The van der Waals surface area contributed by atoms with Crippen molar-refractivity contribution in [1.29, 1.82) is 0 Å². The zero-order chi connectivity index (χ0) is 14.7. The first-order valence-corrected chi connectivity index (χ1v) is 8.39. The average Bonchev–Trinajstić information content (AvgIpc) is 2.56. The number of hydrogen-bond acceptors (Lipinski definition) is 1. The fourth-order valence-electron chi connectivity index (χ4n) is 2.32. The summed E-state index contributed by atoms with van der Waals surface area (Å²) < 4.78 is 11.4. The highest BCUT2D eigenvalue weighted by atomic mass is 32.2. The zero-order valence-corrected chi connectivity index (χ0v) is 12.6. The minimum atomic E-state index is -0.922. The van der Waals surface area contributed by atoms with Gasteiger partial charge in [-0.2, -0.15) is 0 Å². The standard InChI is InChI=1S/C19H16OS/c1-21(20)19-13-11-18(12-14-19)17-9-7-16(8-10-17)15-5-3-2-4-6-15/h2-14H,1H3. The summed E-state index contributed by atoms with van der Waals surface area (Å²) in [5.41, 5.74) is 4.75. The fraction of sp³-hybridized carbons (Fsp3) is 0.0526. The van der Waals surface area contributed by atoms with E-state index in [9.17, 15) is 4.55 Å². The lowest BCUT2D eigenvalue weighted by molar-refractivity contribution is 0.601. The van der Waals surface area contributed by atoms with Crippen LogP contribution in [-0.4, -0.2) is 10.8 Å². The van der Waals surface area contributed by atoms with Crippen molar-refractivity contribution in [3.63, 3.8) is 0 Å². The van der Waals surface area contributed by atoms with Gasteiger partial charge in [0.1, 0.15) is 6.26 Å². The van der Waals surface area contributed by atoms with Crippen molar-refractivity contribution in [3.05, 3.63) is 78.9 Å². The van der Waals surface area contributed by atoms with Crippen molar-refractivity contribution in [2.45, 2.75) is 4.90 Å². The monoisotopic (exact) mass is 292 g/mol. The van der Waals surface area contributed by atoms with Crippen LogP contribution in [0.2, 0.25) is 0 Å². The number of hydrogen-bond donors (Lipinski definition) is 0. The predicted octanol–water partition coefficient (Wildman–Crippen LogP) is 4.76. The molecule has 0 amide bonds. The third kappa shape index (κ3) is 3.18. The fourth-order valence-corrected chi connectivity index (χ4v) is 2.84. The molecule has 104 valence electrons. The van der Waals surface area contributed by atoms with Gasteiger partial charge in [-0.3, -0.25) is 0 Å². The van der Waals surface area contributed by atoms with Gasteiger partial charge in [0.15, 0.2) is 4.90 Å². The summed E-state index contributed by atoms with van der Waals surface area (Å²) in [7, 11) is 0. The number of rotatable bonds is 3. The normalized spacial score (nSPS) is 12.1. The van der Waals surface area contributed by atoms with E-state index >= 15 is 0 Å². The first kappa shape index (κ1) is 13.9. The van der Waals surface area contributed by atoms with Gasteiger partial charge in [0.2, 0.25) is 0 Å². The molecule has 1 unspecified atom stereocenters. The van der Waals surface area contributed by atoms with Crippen LogP contribution in [0.1, 0.15) is 0 Å². The van der Waals surface area contributed by atoms with Crippen LogP contribution in [0.4, 0.5) is 0 Å². The van der Waals surface area contributed by atoms with Crippen LogP contribution < -0.4 is 0 Å². The van der Waals surface area contributed by atoms with Gasteiger partial charge in [-0.05, 0) is 57.7 Å². The third-order valence-electron chi connectivity index (χ3n) is 3.51. The highest BCUT2D eigenvalue weighted by molar-refractivity contribution is 7.90. The molecule has 0 aliphatic heterocycles. The molecule has 0 heterocycles. The molecule has 0 aromatic heterocycles. The molecule has 0 saturated carbocycles. The van der Waals surface area contributed by atoms with Gasteiger partial charge in [0.05, 0.1) is 0 Å². The molecule has 0 bridgehead atoms. The smallest absolute Gasteiger partial charge is 0.152 e. The molecule has 2 heteroatoms. The summed E-state index contributed by atoms with van der Waals surface area (Å²) in [4.78, 5) is 0.861. The lowest BCUT2D eigenvalue weighted by Gasteiger charge is -2.07. The van der Waals surface area contributed by atoms with Gasteiger partial charge < -0.3 is 4.55 Å². The third-order valence-corrected chi connectivity index (χ3v) is 4.45. The van der Waals surface area contributed by atoms with Gasteiger partial charge in [-0.25, -0.2) is 0 Å². The second-order valence-electron chi connectivity index (χ2n) is 4.92. The molecule has 0 N–H and O–H groups in total. The molecule has 0 saturated heterocycles. The molecule has 0 radical (unpaired) electrons. The van der Waals surface area contributed by atoms with E-state index in [1.165, 1.54) is 16.7 Å². The minimum Gasteiger partial charge on any atom is -0.612 e. The molecule has 3 rings (SSSR count). The molecule has 21 heavy (non-hydrogen) atoms. The Bertz CT molecular complexity index is 701. The first-order valence-electron chi connectivity index (χ1n) is 6.83. The summed E-state index contributed by atoms with van der Waals surface area (Å²) in [5, 5.41) is 0. The van der Waals surface area contributed by atoms with Crippen LogP contribution in [0.5, 0.6) is 0 Å². The van der Waals surface area contributed by atoms with Gasteiger partial charge in [0, 0.05) is 0 Å². The minimum absolute atomic E-state index is 0.861. The van der Waals surface area contributed by atoms with Crippen molar-refractivity contribution in [3.8, 4) is 22.3 Å². The Morgan fingerprint density at radius 1 is 0.571 bits per heavy atom. The lowest BCUT2D eigenvalue weighted by atomic mass is 10.0. The highest BCUT2D eigenvalue weighted by Gasteiger charge is 2.04. The van der Waals surface area contributed by atoms with Crippen molar-refractivity contribution in [1.82, 2.24) is 0 Å². The summed E-state index contributed by atoms with van der Waals surface area (Å²) in [6.07, 6.45) is 1.70. The van der Waals surface area contributed by atoms with Gasteiger partial charge >= 0.3 is 0 Å². The van der Waals surface area contributed by atoms with Gasteiger partial charge in [-0.15, -0.1) is 0 Å². The maximum absolute atomic E-state index is 11.4. The van der Waals surface area contributed by atoms with E-state index in [2.05, 4.69) is 36.4 Å². The Labute approximate surface area is 128 Å². The molecule has 1 atom stereocenters. The van der Waals surface area contributed by atoms with Crippen LogP contribution in [0, 0.1) is 0 Å². The summed E-state index contributed by atoms with van der Waals surface area (Å²) in [6.45, 7) is 0. The summed E-state index contributed by atoms with van der Waals surface area (Å²) in [5.74, 6) is 0. The van der Waals surface area contributed by atoms with Crippen LogP contribution in [-0.2, 0) is 11.2 Å². The second kappa shape index (κ2) is 6.17. The van der Waals surface area contributed by atoms with Gasteiger partial charge in [0.25, 0.3) is 0 Å². The van der Waals surface area contributed by atoms with Crippen molar-refractivity contribution in [2.24, 2.45) is 0 Å². The van der Waals surface area contributed by atoms with E-state index < -0.39 is 11.2 Å². The van der Waals surface area contributed by atoms with Crippen molar-refractivity contribution in [2.75, 3.05) is 6.26 Å². The topological polar surface area (TPSA) is 23.1 Å². The Hall–Kier alpha value is -2.03. The second-order valence-corrected chi connectivity index (χ2v) is 6.30. The van der Waals surface area contributed by atoms with E-state index in [4.69, 9.17) is 0 Å². The molecular formula is C19H16OS. The molecule has 0 aliphatic carbocycles. The van der Waals surface area contributed by atoms with Crippen LogP contribution in [0.15, 0.2) is 83.8 Å². The van der Waals surface area contributed by atoms with Gasteiger partial charge in [-0.1, -0.05) is 54.6 Å². The van der Waals surface area contributed by atoms with E-state index in [0.717, 1.165) is 10.5 Å². The molecule has 0 spiro atoms. The van der Waals surface area contributed by atoms with E-state index in [1.54, 1.807) is 6.26 Å². The molecule has 3 aromatic rings. The van der Waals surface area contributed by atoms with Crippen LogP contribution >= 0.6 is 0 Å². The molecular weight excluding hydrogens is 276 g/mol. The molecule has 0 aliphatic rings. The van der Waals surface area contributed by atoms with E-state index in [1.807, 2.05) is 42.5 Å². The highest BCUT2D eigenvalue weighted by Crippen LogP contribution is 2.25. The van der Waals surface area contributed by atoms with E-state index in [-0.39, 0.29) is 0 Å². The Morgan fingerprint density at radius 2 is 0.952 bits per heavy atom. The average molecular weight is 292 g/mol. The predicted molar refractivity (Wildman–Crippen MR) is 89.6 cm³/mol. The van der Waals surface area contributed by atoms with Crippen LogP contribution in [0.25, 0.3) is 22.3 Å².